The molecule has 1 aromatic carbocycles. The third-order valence-electron chi connectivity index (χ3n) is 2.63. The Kier molecular flexibility index (Phi) is 5.71. The first-order valence-corrected chi connectivity index (χ1v) is 8.28. The monoisotopic (exact) mass is 313 g/mol. The Labute approximate surface area is 124 Å². The van der Waals surface area contributed by atoms with Crippen molar-refractivity contribution in [3.63, 3.8) is 0 Å². The van der Waals surface area contributed by atoms with Crippen LogP contribution < -0.4 is 16.0 Å². The van der Waals surface area contributed by atoms with E-state index in [0.717, 1.165) is 6.26 Å². The summed E-state index contributed by atoms with van der Waals surface area (Å²) in [6, 6.07) is 4.83. The second-order valence-electron chi connectivity index (χ2n) is 4.51. The molecule has 1 rings (SSSR count). The van der Waals surface area contributed by atoms with Gasteiger partial charge in [-0.15, -0.1) is 0 Å². The van der Waals surface area contributed by atoms with Crippen molar-refractivity contribution in [2.45, 2.75) is 24.8 Å². The van der Waals surface area contributed by atoms with Crippen LogP contribution in [0.1, 0.15) is 13.8 Å². The molecule has 21 heavy (non-hydrogen) atoms. The molecule has 0 spiro atoms. The van der Waals surface area contributed by atoms with Crippen molar-refractivity contribution in [2.24, 2.45) is 0 Å². The molecule has 3 N–H and O–H groups in total. The van der Waals surface area contributed by atoms with Crippen molar-refractivity contribution in [1.29, 1.82) is 0 Å². The zero-order valence-electron chi connectivity index (χ0n) is 12.1. The molecule has 0 fully saturated rings. The van der Waals surface area contributed by atoms with Crippen molar-refractivity contribution in [3.05, 3.63) is 24.3 Å². The first-order chi connectivity index (χ1) is 9.74. The van der Waals surface area contributed by atoms with Gasteiger partial charge in [-0.1, -0.05) is 0 Å². The SMILES string of the molecule is CCNC(=O)NC(=O)C(C)Nc1ccc(S(C)(=O)=O)cc1. The second kappa shape index (κ2) is 7.07. The van der Waals surface area contributed by atoms with Gasteiger partial charge >= 0.3 is 6.03 Å². The standard InChI is InChI=1S/C13H19N3O4S/c1-4-14-13(18)16-12(17)9(2)15-10-5-7-11(8-6-10)21(3,19)20/h5-9,15H,4H2,1-3H3,(H2,14,16,17,18). The van der Waals surface area contributed by atoms with E-state index in [2.05, 4.69) is 16.0 Å². The molecule has 0 aromatic heterocycles. The van der Waals surface area contributed by atoms with E-state index in [1.807, 2.05) is 0 Å². The van der Waals surface area contributed by atoms with Crippen LogP contribution in [0.15, 0.2) is 29.2 Å². The number of amides is 3. The fourth-order valence-corrected chi connectivity index (χ4v) is 2.17. The number of sulfone groups is 1. The molecule has 0 radical (unpaired) electrons. The molecule has 0 aliphatic heterocycles. The van der Waals surface area contributed by atoms with E-state index in [1.165, 1.54) is 12.1 Å². The fourth-order valence-electron chi connectivity index (χ4n) is 1.54. The molecule has 0 heterocycles. The predicted molar refractivity (Wildman–Crippen MR) is 79.9 cm³/mol. The number of carbonyl (C=O) groups excluding carboxylic acids is 2. The maximum atomic E-state index is 11.7. The van der Waals surface area contributed by atoms with Gasteiger partial charge < -0.3 is 10.6 Å². The van der Waals surface area contributed by atoms with Crippen LogP contribution in [0.4, 0.5) is 10.5 Å². The Morgan fingerprint density at radius 1 is 1.19 bits per heavy atom. The highest BCUT2D eigenvalue weighted by molar-refractivity contribution is 7.90. The van der Waals surface area contributed by atoms with Gasteiger partial charge in [0.15, 0.2) is 9.84 Å². The van der Waals surface area contributed by atoms with Gasteiger partial charge in [0.1, 0.15) is 6.04 Å². The molecule has 1 atom stereocenters. The van der Waals surface area contributed by atoms with Crippen molar-refractivity contribution in [2.75, 3.05) is 18.1 Å². The maximum absolute atomic E-state index is 11.7. The molecule has 0 saturated heterocycles. The van der Waals surface area contributed by atoms with E-state index in [9.17, 15) is 18.0 Å². The number of carbonyl (C=O) groups is 2. The highest BCUT2D eigenvalue weighted by Crippen LogP contribution is 2.14. The summed E-state index contributed by atoms with van der Waals surface area (Å²) >= 11 is 0. The third-order valence-corrected chi connectivity index (χ3v) is 3.76. The first-order valence-electron chi connectivity index (χ1n) is 6.39. The molecule has 3 amide bonds. The van der Waals surface area contributed by atoms with Crippen LogP contribution >= 0.6 is 0 Å². The van der Waals surface area contributed by atoms with Crippen molar-refractivity contribution in [1.82, 2.24) is 10.6 Å². The van der Waals surface area contributed by atoms with Gasteiger partial charge in [-0.25, -0.2) is 13.2 Å². The Morgan fingerprint density at radius 3 is 2.24 bits per heavy atom. The topological polar surface area (TPSA) is 104 Å². The zero-order valence-corrected chi connectivity index (χ0v) is 13.0. The Bertz CT molecular complexity index is 611. The third kappa shape index (κ3) is 5.42. The number of urea groups is 1. The van der Waals surface area contributed by atoms with Crippen LogP contribution in [0, 0.1) is 0 Å². The average Bonchev–Trinajstić information content (AvgIpc) is 2.38. The van der Waals surface area contributed by atoms with Crippen molar-refractivity contribution in [3.8, 4) is 0 Å². The van der Waals surface area contributed by atoms with Gasteiger partial charge in [-0.3, -0.25) is 10.1 Å². The first kappa shape index (κ1) is 17.0. The van der Waals surface area contributed by atoms with Gasteiger partial charge in [-0.05, 0) is 38.1 Å². The van der Waals surface area contributed by atoms with Gasteiger partial charge in [0, 0.05) is 18.5 Å². The lowest BCUT2D eigenvalue weighted by molar-refractivity contribution is -0.120. The Morgan fingerprint density at radius 2 is 1.76 bits per heavy atom. The summed E-state index contributed by atoms with van der Waals surface area (Å²) in [5.74, 6) is -0.479. The van der Waals surface area contributed by atoms with Crippen LogP contribution in [-0.4, -0.2) is 39.2 Å². The van der Waals surface area contributed by atoms with Gasteiger partial charge in [0.05, 0.1) is 4.90 Å². The summed E-state index contributed by atoms with van der Waals surface area (Å²) < 4.78 is 22.7. The van der Waals surface area contributed by atoms with E-state index in [1.54, 1.807) is 26.0 Å². The smallest absolute Gasteiger partial charge is 0.321 e. The number of nitrogens with one attached hydrogen (secondary N) is 3. The number of hydrogen-bond acceptors (Lipinski definition) is 5. The highest BCUT2D eigenvalue weighted by atomic mass is 32.2. The second-order valence-corrected chi connectivity index (χ2v) is 6.53. The number of imide groups is 1. The van der Waals surface area contributed by atoms with Crippen LogP contribution in [-0.2, 0) is 14.6 Å². The molecule has 1 aromatic rings. The average molecular weight is 313 g/mol. The van der Waals surface area contributed by atoms with Crippen LogP contribution in [0.5, 0.6) is 0 Å². The van der Waals surface area contributed by atoms with Gasteiger partial charge in [0.25, 0.3) is 0 Å². The van der Waals surface area contributed by atoms with Gasteiger partial charge in [0.2, 0.25) is 5.91 Å². The van der Waals surface area contributed by atoms with Crippen LogP contribution in [0.2, 0.25) is 0 Å². The van der Waals surface area contributed by atoms with Crippen LogP contribution in [0.25, 0.3) is 0 Å². The number of rotatable bonds is 5. The summed E-state index contributed by atoms with van der Waals surface area (Å²) in [7, 11) is -3.25. The quantitative estimate of drug-likeness (QED) is 0.743. The molecule has 0 bridgehead atoms. The van der Waals surface area contributed by atoms with Crippen molar-refractivity contribution >= 4 is 27.5 Å². The normalized spacial score (nSPS) is 12.3. The molecule has 0 saturated carbocycles. The number of benzene rings is 1. The fraction of sp³-hybridized carbons (Fsp3) is 0.385. The van der Waals surface area contributed by atoms with E-state index in [-0.39, 0.29) is 4.90 Å². The zero-order chi connectivity index (χ0) is 16.0. The summed E-state index contributed by atoms with van der Waals surface area (Å²) in [5.41, 5.74) is 0.584. The summed E-state index contributed by atoms with van der Waals surface area (Å²) in [6.45, 7) is 3.77. The van der Waals surface area contributed by atoms with E-state index in [0.29, 0.717) is 12.2 Å². The molecule has 1 unspecified atom stereocenters. The van der Waals surface area contributed by atoms with Gasteiger partial charge in [-0.2, -0.15) is 0 Å². The van der Waals surface area contributed by atoms with Crippen molar-refractivity contribution < 1.29 is 18.0 Å². The molecular weight excluding hydrogens is 294 g/mol. The highest BCUT2D eigenvalue weighted by Gasteiger charge is 2.15. The minimum absolute atomic E-state index is 0.201. The summed E-state index contributed by atoms with van der Waals surface area (Å²) in [4.78, 5) is 23.2. The maximum Gasteiger partial charge on any atom is 0.321 e. The van der Waals surface area contributed by atoms with E-state index < -0.39 is 27.8 Å². The molecule has 0 aliphatic rings. The molecule has 8 heteroatoms. The summed E-state index contributed by atoms with van der Waals surface area (Å²) in [6.07, 6.45) is 1.12. The van der Waals surface area contributed by atoms with E-state index >= 15 is 0 Å². The number of anilines is 1. The Balaban J connectivity index is 2.64. The molecule has 116 valence electrons. The van der Waals surface area contributed by atoms with E-state index in [4.69, 9.17) is 0 Å². The molecule has 7 nitrogen and oxygen atoms in total. The summed E-state index contributed by atoms with van der Waals surface area (Å²) in [5, 5.41) is 7.52. The minimum Gasteiger partial charge on any atom is -0.374 e. The van der Waals surface area contributed by atoms with Crippen LogP contribution in [0.3, 0.4) is 0 Å². The largest absolute Gasteiger partial charge is 0.374 e. The lowest BCUT2D eigenvalue weighted by Gasteiger charge is -2.15. The minimum atomic E-state index is -3.25. The Hall–Kier alpha value is -2.09. The lowest BCUT2D eigenvalue weighted by atomic mass is 10.2. The predicted octanol–water partition coefficient (Wildman–Crippen LogP) is 0.736. The molecular formula is C13H19N3O4S. The molecule has 0 aliphatic carbocycles. The number of hydrogen-bond donors (Lipinski definition) is 3. The lowest BCUT2D eigenvalue weighted by Crippen LogP contribution is -2.45.